The van der Waals surface area contributed by atoms with Gasteiger partial charge in [0.25, 0.3) is 0 Å². The van der Waals surface area contributed by atoms with Crippen molar-refractivity contribution in [1.82, 2.24) is 0 Å². The smallest absolute Gasteiger partial charge is 0.339 e. The third-order valence-corrected chi connectivity index (χ3v) is 3.07. The van der Waals surface area contributed by atoms with Crippen LogP contribution in [0.4, 0.5) is 8.78 Å². The van der Waals surface area contributed by atoms with E-state index in [1.54, 1.807) is 13.8 Å². The van der Waals surface area contributed by atoms with E-state index in [-0.39, 0.29) is 29.5 Å². The molecule has 0 unspecified atom stereocenters. The standard InChI is InChI=1S/C13H8F2O3.2C3H6O2/c14-8-2-3-9(11(15)6-8)7-1-4-12(16)10(5-7)13(17)18;2*1-2-3(4)5/h1-6,16H,(H,17,18);2*2H2,1H3,(H,4,5). The van der Waals surface area contributed by atoms with Crippen LogP contribution in [0.15, 0.2) is 36.4 Å². The summed E-state index contributed by atoms with van der Waals surface area (Å²) in [5.74, 6) is -4.73. The first-order valence-electron chi connectivity index (χ1n) is 7.98. The number of rotatable bonds is 4. The Morgan fingerprint density at radius 3 is 1.75 bits per heavy atom. The van der Waals surface area contributed by atoms with Crippen LogP contribution in [0.2, 0.25) is 0 Å². The Bertz CT molecular complexity index is 821. The van der Waals surface area contributed by atoms with Crippen LogP contribution in [0.1, 0.15) is 37.0 Å². The van der Waals surface area contributed by atoms with Gasteiger partial charge >= 0.3 is 17.9 Å². The van der Waals surface area contributed by atoms with E-state index in [0.717, 1.165) is 18.2 Å². The summed E-state index contributed by atoms with van der Waals surface area (Å²) in [7, 11) is 0. The van der Waals surface area contributed by atoms with Gasteiger partial charge in [-0.15, -0.1) is 0 Å². The summed E-state index contributed by atoms with van der Waals surface area (Å²) in [6.45, 7) is 3.20. The molecule has 0 heterocycles. The Hall–Kier alpha value is -3.49. The highest BCUT2D eigenvalue weighted by Crippen LogP contribution is 2.28. The summed E-state index contributed by atoms with van der Waals surface area (Å²) in [5, 5.41) is 33.6. The molecule has 0 saturated carbocycles. The van der Waals surface area contributed by atoms with Crippen LogP contribution in [-0.2, 0) is 9.59 Å². The summed E-state index contributed by atoms with van der Waals surface area (Å²) in [6.07, 6.45) is 0.444. The maximum atomic E-state index is 13.5. The van der Waals surface area contributed by atoms with Crippen molar-refractivity contribution in [2.75, 3.05) is 0 Å². The number of phenols is 1. The van der Waals surface area contributed by atoms with E-state index in [1.165, 1.54) is 12.1 Å². The van der Waals surface area contributed by atoms with Gasteiger partial charge in [-0.2, -0.15) is 0 Å². The van der Waals surface area contributed by atoms with E-state index in [4.69, 9.17) is 15.3 Å². The van der Waals surface area contributed by atoms with Crippen molar-refractivity contribution in [2.24, 2.45) is 0 Å². The number of carboxylic acids is 3. The average molecular weight is 398 g/mol. The van der Waals surface area contributed by atoms with Crippen molar-refractivity contribution in [3.05, 3.63) is 53.6 Å². The number of halogens is 2. The molecule has 0 saturated heterocycles. The van der Waals surface area contributed by atoms with E-state index >= 15 is 0 Å². The molecule has 2 aromatic carbocycles. The molecule has 4 N–H and O–H groups in total. The molecule has 152 valence electrons. The highest BCUT2D eigenvalue weighted by molar-refractivity contribution is 5.92. The number of hydrogen-bond donors (Lipinski definition) is 4. The molecule has 2 aromatic rings. The first-order chi connectivity index (χ1) is 13.0. The minimum absolute atomic E-state index is 0.0684. The molecule has 0 radical (unpaired) electrons. The molecule has 0 atom stereocenters. The Morgan fingerprint density at radius 1 is 0.857 bits per heavy atom. The maximum absolute atomic E-state index is 13.5. The zero-order valence-corrected chi connectivity index (χ0v) is 15.1. The van der Waals surface area contributed by atoms with Crippen LogP contribution >= 0.6 is 0 Å². The van der Waals surface area contributed by atoms with Crippen LogP contribution < -0.4 is 0 Å². The number of carbonyl (C=O) groups is 3. The molecule has 0 aliphatic heterocycles. The van der Waals surface area contributed by atoms with Crippen LogP contribution in [0, 0.1) is 11.6 Å². The van der Waals surface area contributed by atoms with Gasteiger partial charge in [-0.25, -0.2) is 13.6 Å². The minimum atomic E-state index is -1.32. The fourth-order valence-electron chi connectivity index (χ4n) is 1.60. The van der Waals surface area contributed by atoms with Crippen molar-refractivity contribution in [1.29, 1.82) is 0 Å². The van der Waals surface area contributed by atoms with Crippen molar-refractivity contribution in [3.63, 3.8) is 0 Å². The predicted octanol–water partition coefficient (Wildman–Crippen LogP) is 4.00. The van der Waals surface area contributed by atoms with Gasteiger partial charge in [-0.05, 0) is 29.8 Å². The highest BCUT2D eigenvalue weighted by Gasteiger charge is 2.13. The lowest BCUT2D eigenvalue weighted by atomic mass is 10.0. The lowest BCUT2D eigenvalue weighted by Crippen LogP contribution is -1.97. The molecule has 0 amide bonds. The molecular weight excluding hydrogens is 378 g/mol. The van der Waals surface area contributed by atoms with E-state index in [1.807, 2.05) is 0 Å². The second-order valence-electron chi connectivity index (χ2n) is 5.16. The predicted molar refractivity (Wildman–Crippen MR) is 96.3 cm³/mol. The number of aromatic hydroxyl groups is 1. The quantitative estimate of drug-likeness (QED) is 0.612. The van der Waals surface area contributed by atoms with Gasteiger partial charge < -0.3 is 20.4 Å². The third-order valence-electron chi connectivity index (χ3n) is 3.07. The van der Waals surface area contributed by atoms with Crippen LogP contribution in [0.3, 0.4) is 0 Å². The number of carboxylic acid groups (broad SMARTS) is 3. The van der Waals surface area contributed by atoms with Crippen LogP contribution in [-0.4, -0.2) is 38.3 Å². The van der Waals surface area contributed by atoms with Gasteiger partial charge in [0.05, 0.1) is 0 Å². The molecule has 2 rings (SSSR count). The van der Waals surface area contributed by atoms with E-state index in [2.05, 4.69) is 0 Å². The topological polar surface area (TPSA) is 132 Å². The summed E-state index contributed by atoms with van der Waals surface area (Å²) < 4.78 is 26.3. The van der Waals surface area contributed by atoms with Gasteiger partial charge in [-0.1, -0.05) is 19.9 Å². The molecule has 0 aliphatic carbocycles. The summed E-state index contributed by atoms with van der Waals surface area (Å²) in [5.41, 5.74) is -0.0159. The molecule has 28 heavy (non-hydrogen) atoms. The van der Waals surface area contributed by atoms with E-state index in [9.17, 15) is 28.3 Å². The zero-order valence-electron chi connectivity index (χ0n) is 15.1. The molecule has 0 bridgehead atoms. The van der Waals surface area contributed by atoms with Gasteiger partial charge in [0.15, 0.2) is 0 Å². The Balaban J connectivity index is 0.000000607. The van der Waals surface area contributed by atoms with Crippen molar-refractivity contribution in [3.8, 4) is 16.9 Å². The van der Waals surface area contributed by atoms with E-state index < -0.39 is 35.3 Å². The molecule has 0 aliphatic rings. The second kappa shape index (κ2) is 12.0. The first kappa shape index (κ1) is 24.5. The van der Waals surface area contributed by atoms with Gasteiger partial charge in [0.1, 0.15) is 22.9 Å². The fourth-order valence-corrected chi connectivity index (χ4v) is 1.60. The summed E-state index contributed by atoms with van der Waals surface area (Å²) in [4.78, 5) is 29.6. The van der Waals surface area contributed by atoms with Crippen LogP contribution in [0.5, 0.6) is 5.75 Å². The molecule has 0 spiro atoms. The zero-order chi connectivity index (χ0) is 21.9. The van der Waals surface area contributed by atoms with Crippen molar-refractivity contribution < 1.29 is 43.6 Å². The van der Waals surface area contributed by atoms with Crippen molar-refractivity contribution >= 4 is 17.9 Å². The van der Waals surface area contributed by atoms with E-state index in [0.29, 0.717) is 6.07 Å². The minimum Gasteiger partial charge on any atom is -0.507 e. The van der Waals surface area contributed by atoms with Gasteiger partial charge in [0.2, 0.25) is 0 Å². The van der Waals surface area contributed by atoms with Gasteiger partial charge in [0, 0.05) is 24.5 Å². The number of benzene rings is 2. The molecular formula is C19H20F2O7. The molecule has 0 fully saturated rings. The van der Waals surface area contributed by atoms with Gasteiger partial charge in [-0.3, -0.25) is 9.59 Å². The Morgan fingerprint density at radius 2 is 1.36 bits per heavy atom. The summed E-state index contributed by atoms with van der Waals surface area (Å²) in [6, 6.07) is 6.64. The summed E-state index contributed by atoms with van der Waals surface area (Å²) >= 11 is 0. The number of hydrogen-bond acceptors (Lipinski definition) is 4. The lowest BCUT2D eigenvalue weighted by molar-refractivity contribution is -0.137. The average Bonchev–Trinajstić information content (AvgIpc) is 2.63. The Kier molecular flexibility index (Phi) is 10.5. The second-order valence-corrected chi connectivity index (χ2v) is 5.16. The monoisotopic (exact) mass is 398 g/mol. The maximum Gasteiger partial charge on any atom is 0.339 e. The number of aromatic carboxylic acids is 1. The molecule has 0 aromatic heterocycles. The highest BCUT2D eigenvalue weighted by atomic mass is 19.1. The fraction of sp³-hybridized carbons (Fsp3) is 0.211. The largest absolute Gasteiger partial charge is 0.507 e. The Labute approximate surface area is 159 Å². The lowest BCUT2D eigenvalue weighted by Gasteiger charge is -2.06. The molecule has 7 nitrogen and oxygen atoms in total. The molecule has 9 heteroatoms. The third kappa shape index (κ3) is 8.75. The van der Waals surface area contributed by atoms with Crippen LogP contribution in [0.25, 0.3) is 11.1 Å². The number of aliphatic carboxylic acids is 2. The first-order valence-corrected chi connectivity index (χ1v) is 7.98. The SMILES string of the molecule is CCC(=O)O.CCC(=O)O.O=C(O)c1cc(-c2ccc(F)cc2F)ccc1O. The normalized spacial score (nSPS) is 9.29. The van der Waals surface area contributed by atoms with Crippen molar-refractivity contribution in [2.45, 2.75) is 26.7 Å².